The van der Waals surface area contributed by atoms with E-state index in [1.54, 1.807) is 14.2 Å². The number of hydrogen-bond donors (Lipinski definition) is 1. The smallest absolute Gasteiger partial charge is 0.325 e. The lowest BCUT2D eigenvalue weighted by molar-refractivity contribution is -0.147. The van der Waals surface area contributed by atoms with Crippen molar-refractivity contribution in [3.8, 4) is 0 Å². The van der Waals surface area contributed by atoms with Crippen molar-refractivity contribution in [3.63, 3.8) is 0 Å². The fourth-order valence-electron chi connectivity index (χ4n) is 3.02. The molecule has 0 saturated heterocycles. The van der Waals surface area contributed by atoms with Crippen LogP contribution < -0.4 is 5.73 Å². The Labute approximate surface area is 121 Å². The van der Waals surface area contributed by atoms with Gasteiger partial charge in [-0.2, -0.15) is 0 Å². The minimum atomic E-state index is -0.850. The highest BCUT2D eigenvalue weighted by atomic mass is 16.5. The molecule has 0 heterocycles. The number of hydrogen-bond acceptors (Lipinski definition) is 6. The molecule has 0 radical (unpaired) electrons. The van der Waals surface area contributed by atoms with Gasteiger partial charge in [-0.3, -0.25) is 9.69 Å². The quantitative estimate of drug-likeness (QED) is 0.651. The second-order valence-corrected chi connectivity index (χ2v) is 5.58. The fraction of sp³-hybridized carbons (Fsp3) is 0.929. The van der Waals surface area contributed by atoms with E-state index in [9.17, 15) is 4.79 Å². The molecule has 3 unspecified atom stereocenters. The van der Waals surface area contributed by atoms with Crippen LogP contribution in [0.1, 0.15) is 26.2 Å². The molecule has 0 aliphatic heterocycles. The van der Waals surface area contributed by atoms with Crippen LogP contribution in [0.25, 0.3) is 0 Å². The number of rotatable bonds is 8. The Balaban J connectivity index is 2.70. The van der Waals surface area contributed by atoms with Gasteiger partial charge in [0.1, 0.15) is 5.54 Å². The average Bonchev–Trinajstić information content (AvgIpc) is 2.82. The first kappa shape index (κ1) is 17.4. The Morgan fingerprint density at radius 3 is 2.65 bits per heavy atom. The molecule has 2 N–H and O–H groups in total. The van der Waals surface area contributed by atoms with E-state index >= 15 is 0 Å². The first-order chi connectivity index (χ1) is 9.48. The van der Waals surface area contributed by atoms with E-state index in [2.05, 4.69) is 11.8 Å². The summed E-state index contributed by atoms with van der Waals surface area (Å²) >= 11 is 0. The van der Waals surface area contributed by atoms with E-state index in [-0.39, 0.29) is 18.1 Å². The Kier molecular flexibility index (Phi) is 6.88. The number of nitrogens with two attached hydrogens (primary N) is 1. The van der Waals surface area contributed by atoms with Crippen LogP contribution in [0.2, 0.25) is 0 Å². The van der Waals surface area contributed by atoms with Crippen LogP contribution >= 0.6 is 0 Å². The highest BCUT2D eigenvalue weighted by molar-refractivity contribution is 5.81. The maximum Gasteiger partial charge on any atom is 0.325 e. The summed E-state index contributed by atoms with van der Waals surface area (Å²) in [5, 5.41) is 0. The zero-order chi connectivity index (χ0) is 15.2. The zero-order valence-electron chi connectivity index (χ0n) is 13.1. The lowest BCUT2D eigenvalue weighted by atomic mass is 9.99. The SMILES string of the molecule is COCCN(C(C)COC)C1CCC(N)(C(=O)OC)C1. The topological polar surface area (TPSA) is 74.0 Å². The first-order valence-corrected chi connectivity index (χ1v) is 7.09. The second kappa shape index (κ2) is 7.93. The minimum Gasteiger partial charge on any atom is -0.468 e. The summed E-state index contributed by atoms with van der Waals surface area (Å²) in [5.74, 6) is -0.314. The number of carbonyl (C=O) groups is 1. The van der Waals surface area contributed by atoms with Gasteiger partial charge in [0.05, 0.1) is 20.3 Å². The summed E-state index contributed by atoms with van der Waals surface area (Å²) in [6, 6.07) is 0.527. The standard InChI is InChI=1S/C14H28N2O4/c1-11(10-19-3)16(7-8-18-2)12-5-6-14(15,9-12)13(17)20-4/h11-12H,5-10,15H2,1-4H3. The highest BCUT2D eigenvalue weighted by Gasteiger charge is 2.45. The van der Waals surface area contributed by atoms with Gasteiger partial charge in [-0.15, -0.1) is 0 Å². The van der Waals surface area contributed by atoms with Crippen molar-refractivity contribution < 1.29 is 19.0 Å². The van der Waals surface area contributed by atoms with E-state index in [0.717, 1.165) is 13.0 Å². The molecule has 1 fully saturated rings. The van der Waals surface area contributed by atoms with Crippen LogP contribution in [-0.2, 0) is 19.0 Å². The fourth-order valence-corrected chi connectivity index (χ4v) is 3.02. The van der Waals surface area contributed by atoms with Crippen LogP contribution in [0.5, 0.6) is 0 Å². The van der Waals surface area contributed by atoms with Crippen LogP contribution in [0.3, 0.4) is 0 Å². The van der Waals surface area contributed by atoms with Gasteiger partial charge in [-0.25, -0.2) is 0 Å². The number of esters is 1. The maximum atomic E-state index is 11.8. The monoisotopic (exact) mass is 288 g/mol. The van der Waals surface area contributed by atoms with Crippen molar-refractivity contribution in [1.29, 1.82) is 0 Å². The molecule has 0 aromatic rings. The Morgan fingerprint density at radius 2 is 2.10 bits per heavy atom. The predicted octanol–water partition coefficient (Wildman–Crippen LogP) is 0.393. The van der Waals surface area contributed by atoms with Gasteiger partial charge in [-0.1, -0.05) is 0 Å². The van der Waals surface area contributed by atoms with Crippen molar-refractivity contribution in [2.24, 2.45) is 5.73 Å². The van der Waals surface area contributed by atoms with Gasteiger partial charge in [-0.05, 0) is 26.2 Å². The van der Waals surface area contributed by atoms with Gasteiger partial charge >= 0.3 is 5.97 Å². The second-order valence-electron chi connectivity index (χ2n) is 5.58. The van der Waals surface area contributed by atoms with Crippen LogP contribution in [0.4, 0.5) is 0 Å². The Hall–Kier alpha value is -0.690. The largest absolute Gasteiger partial charge is 0.468 e. The van der Waals surface area contributed by atoms with E-state index < -0.39 is 5.54 Å². The van der Waals surface area contributed by atoms with E-state index in [4.69, 9.17) is 19.9 Å². The third-order valence-electron chi connectivity index (χ3n) is 4.11. The lowest BCUT2D eigenvalue weighted by Crippen LogP contribution is -2.50. The molecule has 1 aliphatic carbocycles. The molecule has 20 heavy (non-hydrogen) atoms. The summed E-state index contributed by atoms with van der Waals surface area (Å²) in [7, 11) is 4.78. The van der Waals surface area contributed by atoms with Crippen molar-refractivity contribution in [2.45, 2.75) is 43.8 Å². The number of carbonyl (C=O) groups excluding carboxylic acids is 1. The minimum absolute atomic E-state index is 0.263. The lowest BCUT2D eigenvalue weighted by Gasteiger charge is -2.34. The van der Waals surface area contributed by atoms with Crippen LogP contribution in [0.15, 0.2) is 0 Å². The van der Waals surface area contributed by atoms with Gasteiger partial charge in [0.25, 0.3) is 0 Å². The third kappa shape index (κ3) is 4.15. The molecule has 1 aliphatic rings. The zero-order valence-corrected chi connectivity index (χ0v) is 13.1. The molecule has 0 amide bonds. The number of ether oxygens (including phenoxy) is 3. The molecular weight excluding hydrogens is 260 g/mol. The summed E-state index contributed by atoms with van der Waals surface area (Å²) in [5.41, 5.74) is 5.33. The van der Waals surface area contributed by atoms with Crippen molar-refractivity contribution in [3.05, 3.63) is 0 Å². The molecule has 6 heteroatoms. The summed E-state index contributed by atoms with van der Waals surface area (Å²) in [4.78, 5) is 14.1. The van der Waals surface area contributed by atoms with E-state index in [1.807, 2.05) is 0 Å². The molecular formula is C14H28N2O4. The molecule has 0 bridgehead atoms. The van der Waals surface area contributed by atoms with Crippen molar-refractivity contribution in [2.75, 3.05) is 41.1 Å². The maximum absolute atomic E-state index is 11.8. The van der Waals surface area contributed by atoms with E-state index in [0.29, 0.717) is 26.1 Å². The van der Waals surface area contributed by atoms with Gasteiger partial charge < -0.3 is 19.9 Å². The molecule has 0 aromatic carbocycles. The number of methoxy groups -OCH3 is 3. The van der Waals surface area contributed by atoms with Crippen molar-refractivity contribution >= 4 is 5.97 Å². The third-order valence-corrected chi connectivity index (χ3v) is 4.11. The van der Waals surface area contributed by atoms with Crippen LogP contribution in [0, 0.1) is 0 Å². The summed E-state index contributed by atoms with van der Waals surface area (Å²) in [6.07, 6.45) is 2.17. The van der Waals surface area contributed by atoms with Crippen molar-refractivity contribution in [1.82, 2.24) is 4.90 Å². The molecule has 0 aromatic heterocycles. The molecule has 6 nitrogen and oxygen atoms in total. The normalized spacial score (nSPS) is 27.8. The molecule has 1 saturated carbocycles. The van der Waals surface area contributed by atoms with Gasteiger partial charge in [0.2, 0.25) is 0 Å². The van der Waals surface area contributed by atoms with E-state index in [1.165, 1.54) is 7.11 Å². The molecule has 1 rings (SSSR count). The molecule has 118 valence electrons. The Morgan fingerprint density at radius 1 is 1.40 bits per heavy atom. The van der Waals surface area contributed by atoms with Gasteiger partial charge in [0.15, 0.2) is 0 Å². The predicted molar refractivity (Wildman–Crippen MR) is 76.5 cm³/mol. The number of nitrogens with zero attached hydrogens (tertiary/aromatic N) is 1. The molecule has 3 atom stereocenters. The first-order valence-electron chi connectivity index (χ1n) is 7.09. The van der Waals surface area contributed by atoms with Crippen LogP contribution in [-0.4, -0.2) is 69.6 Å². The van der Waals surface area contributed by atoms with Gasteiger partial charge in [0, 0.05) is 32.8 Å². The summed E-state index contributed by atoms with van der Waals surface area (Å²) < 4.78 is 15.2. The molecule has 0 spiro atoms. The Bertz CT molecular complexity index is 314. The summed E-state index contributed by atoms with van der Waals surface area (Å²) in [6.45, 7) is 4.23. The highest BCUT2D eigenvalue weighted by Crippen LogP contribution is 2.33. The average molecular weight is 288 g/mol.